The molecule has 1 aliphatic rings. The SMILES string of the molecule is CN[C@@H](C)C(=O)NC1CN(Cc2ccc(C#N)cc2)c2ccccc2N(Cc2c(OC)ccc3cc(Br)ccc23)C1=O. The fourth-order valence-electron chi connectivity index (χ4n) is 5.27. The van der Waals surface area contributed by atoms with Gasteiger partial charge in [0.2, 0.25) is 5.91 Å². The van der Waals surface area contributed by atoms with Crippen molar-refractivity contribution in [1.82, 2.24) is 10.6 Å². The summed E-state index contributed by atoms with van der Waals surface area (Å²) in [7, 11) is 3.34. The van der Waals surface area contributed by atoms with Gasteiger partial charge >= 0.3 is 0 Å². The Hall–Kier alpha value is -4.39. The number of hydrogen-bond acceptors (Lipinski definition) is 6. The molecule has 0 aromatic heterocycles. The number of para-hydroxylation sites is 2. The van der Waals surface area contributed by atoms with Gasteiger partial charge in [0.25, 0.3) is 5.91 Å². The number of nitrogens with zero attached hydrogens (tertiary/aromatic N) is 3. The minimum atomic E-state index is -0.811. The van der Waals surface area contributed by atoms with Crippen LogP contribution >= 0.6 is 15.9 Å². The highest BCUT2D eigenvalue weighted by Gasteiger charge is 2.36. The standard InChI is InChI=1S/C33H32BrN5O3/c1-21(36-2)32(40)37-28-20-38(18-23-10-8-22(17-35)9-11-23)29-6-4-5-7-30(29)39(33(28)41)19-27-26-14-13-25(34)16-24(26)12-15-31(27)42-3/h4-16,21,28,36H,18-20H2,1-3H3,(H,37,40)/t21-,28?/m0/s1. The molecule has 1 aliphatic heterocycles. The molecule has 9 heteroatoms. The Morgan fingerprint density at radius 1 is 1.07 bits per heavy atom. The van der Waals surface area contributed by atoms with Crippen LogP contribution in [0.2, 0.25) is 0 Å². The van der Waals surface area contributed by atoms with Gasteiger partial charge in [-0.2, -0.15) is 5.26 Å². The topological polar surface area (TPSA) is 97.7 Å². The van der Waals surface area contributed by atoms with Crippen molar-refractivity contribution in [2.45, 2.75) is 32.1 Å². The van der Waals surface area contributed by atoms with Crippen molar-refractivity contribution >= 4 is 49.9 Å². The summed E-state index contributed by atoms with van der Waals surface area (Å²) in [6.07, 6.45) is 0. The van der Waals surface area contributed by atoms with E-state index in [2.05, 4.69) is 37.5 Å². The summed E-state index contributed by atoms with van der Waals surface area (Å²) in [6.45, 7) is 2.77. The maximum atomic E-state index is 14.4. The van der Waals surface area contributed by atoms with Gasteiger partial charge in [-0.15, -0.1) is 0 Å². The van der Waals surface area contributed by atoms with Gasteiger partial charge in [-0.25, -0.2) is 0 Å². The molecule has 0 radical (unpaired) electrons. The monoisotopic (exact) mass is 625 g/mol. The Morgan fingerprint density at radius 3 is 2.50 bits per heavy atom. The second-order valence-corrected chi connectivity index (χ2v) is 11.2. The fraction of sp³-hybridized carbons (Fsp3) is 0.242. The lowest BCUT2D eigenvalue weighted by molar-refractivity contribution is -0.128. The molecule has 0 aliphatic carbocycles. The molecular formula is C33H32BrN5O3. The normalized spacial score (nSPS) is 15.5. The molecular weight excluding hydrogens is 594 g/mol. The zero-order valence-corrected chi connectivity index (χ0v) is 25.3. The maximum absolute atomic E-state index is 14.4. The van der Waals surface area contributed by atoms with Gasteiger partial charge in [0, 0.05) is 23.1 Å². The molecule has 0 saturated carbocycles. The molecule has 8 nitrogen and oxygen atoms in total. The molecule has 0 saturated heterocycles. The second-order valence-electron chi connectivity index (χ2n) is 10.3. The van der Waals surface area contributed by atoms with Crippen LogP contribution in [0.3, 0.4) is 0 Å². The number of anilines is 2. The summed E-state index contributed by atoms with van der Waals surface area (Å²) >= 11 is 3.56. The lowest BCUT2D eigenvalue weighted by Crippen LogP contribution is -2.55. The second kappa shape index (κ2) is 12.6. The van der Waals surface area contributed by atoms with Crippen LogP contribution in [0.5, 0.6) is 5.75 Å². The fourth-order valence-corrected chi connectivity index (χ4v) is 5.65. The number of hydrogen-bond donors (Lipinski definition) is 2. The quantitative estimate of drug-likeness (QED) is 0.282. The van der Waals surface area contributed by atoms with E-state index < -0.39 is 12.1 Å². The van der Waals surface area contributed by atoms with Crippen LogP contribution in [0.15, 0.2) is 83.3 Å². The summed E-state index contributed by atoms with van der Waals surface area (Å²) in [5.41, 5.74) is 4.06. The molecule has 2 N–H and O–H groups in total. The van der Waals surface area contributed by atoms with E-state index in [4.69, 9.17) is 4.74 Å². The van der Waals surface area contributed by atoms with E-state index in [1.807, 2.05) is 66.7 Å². The van der Waals surface area contributed by atoms with E-state index in [9.17, 15) is 14.9 Å². The first-order chi connectivity index (χ1) is 20.3. The van der Waals surface area contributed by atoms with Crippen molar-refractivity contribution in [3.63, 3.8) is 0 Å². The zero-order valence-electron chi connectivity index (χ0n) is 23.7. The van der Waals surface area contributed by atoms with Crippen LogP contribution < -0.4 is 25.2 Å². The van der Waals surface area contributed by atoms with Crippen molar-refractivity contribution in [2.24, 2.45) is 0 Å². The molecule has 2 amide bonds. The van der Waals surface area contributed by atoms with Crippen LogP contribution in [0.1, 0.15) is 23.6 Å². The number of fused-ring (bicyclic) bond motifs is 2. The maximum Gasteiger partial charge on any atom is 0.251 e. The molecule has 4 aromatic carbocycles. The average molecular weight is 627 g/mol. The number of nitriles is 1. The molecule has 0 fully saturated rings. The Morgan fingerprint density at radius 2 is 1.81 bits per heavy atom. The van der Waals surface area contributed by atoms with Gasteiger partial charge in [-0.1, -0.05) is 52.3 Å². The Balaban J connectivity index is 1.61. The van der Waals surface area contributed by atoms with E-state index >= 15 is 0 Å². The zero-order chi connectivity index (χ0) is 29.8. The van der Waals surface area contributed by atoms with Gasteiger partial charge in [0.05, 0.1) is 42.7 Å². The van der Waals surface area contributed by atoms with E-state index in [1.54, 1.807) is 38.1 Å². The third kappa shape index (κ3) is 5.96. The number of carbonyl (C=O) groups excluding carboxylic acids is 2. The van der Waals surface area contributed by atoms with Gasteiger partial charge in [-0.3, -0.25) is 9.59 Å². The number of ether oxygens (including phenoxy) is 1. The van der Waals surface area contributed by atoms with Crippen molar-refractivity contribution < 1.29 is 14.3 Å². The first-order valence-corrected chi connectivity index (χ1v) is 14.5. The number of nitrogens with one attached hydrogen (secondary N) is 2. The van der Waals surface area contributed by atoms with Crippen molar-refractivity contribution in [2.75, 3.05) is 30.5 Å². The lowest BCUT2D eigenvalue weighted by atomic mass is 10.0. The molecule has 0 bridgehead atoms. The molecule has 0 spiro atoms. The summed E-state index contributed by atoms with van der Waals surface area (Å²) in [5, 5.41) is 17.2. The van der Waals surface area contributed by atoms with E-state index in [1.165, 1.54) is 0 Å². The van der Waals surface area contributed by atoms with Gasteiger partial charge in [0.1, 0.15) is 11.8 Å². The van der Waals surface area contributed by atoms with E-state index in [0.717, 1.165) is 37.7 Å². The Bertz CT molecular complexity index is 1670. The minimum absolute atomic E-state index is 0.211. The van der Waals surface area contributed by atoms with Gasteiger partial charge < -0.3 is 25.2 Å². The number of rotatable bonds is 8. The first-order valence-electron chi connectivity index (χ1n) is 13.7. The smallest absolute Gasteiger partial charge is 0.251 e. The number of amides is 2. The minimum Gasteiger partial charge on any atom is -0.496 e. The van der Waals surface area contributed by atoms with Crippen LogP contribution in [-0.2, 0) is 22.7 Å². The predicted octanol–water partition coefficient (Wildman–Crippen LogP) is 5.13. The summed E-state index contributed by atoms with van der Waals surface area (Å²) in [5.74, 6) is 0.212. The van der Waals surface area contributed by atoms with Crippen molar-refractivity contribution in [3.05, 3.63) is 100 Å². The van der Waals surface area contributed by atoms with Crippen LogP contribution in [0, 0.1) is 11.3 Å². The molecule has 214 valence electrons. The lowest BCUT2D eigenvalue weighted by Gasteiger charge is -2.27. The molecule has 4 aromatic rings. The van der Waals surface area contributed by atoms with Crippen molar-refractivity contribution in [1.29, 1.82) is 5.26 Å². The Labute approximate surface area is 254 Å². The van der Waals surface area contributed by atoms with Gasteiger partial charge in [-0.05, 0) is 72.8 Å². The number of carbonyl (C=O) groups is 2. The predicted molar refractivity (Wildman–Crippen MR) is 168 cm³/mol. The van der Waals surface area contributed by atoms with E-state index in [0.29, 0.717) is 17.9 Å². The number of benzene rings is 4. The third-order valence-corrected chi connectivity index (χ3v) is 8.16. The first kappa shape index (κ1) is 29.1. The van der Waals surface area contributed by atoms with Crippen molar-refractivity contribution in [3.8, 4) is 11.8 Å². The molecule has 5 rings (SSSR count). The number of halogens is 1. The summed E-state index contributed by atoms with van der Waals surface area (Å²) < 4.78 is 6.74. The largest absolute Gasteiger partial charge is 0.496 e. The highest BCUT2D eigenvalue weighted by atomic mass is 79.9. The molecule has 2 atom stereocenters. The van der Waals surface area contributed by atoms with Gasteiger partial charge in [0.15, 0.2) is 0 Å². The van der Waals surface area contributed by atoms with E-state index in [-0.39, 0.29) is 24.9 Å². The van der Waals surface area contributed by atoms with Crippen LogP contribution in [0.4, 0.5) is 11.4 Å². The Kier molecular flexibility index (Phi) is 8.76. The molecule has 1 unspecified atom stereocenters. The number of likely N-dealkylation sites (N-methyl/N-ethyl adjacent to an activating group) is 1. The average Bonchev–Trinajstić information content (AvgIpc) is 3.11. The molecule has 1 heterocycles. The summed E-state index contributed by atoms with van der Waals surface area (Å²) in [4.78, 5) is 31.3. The third-order valence-electron chi connectivity index (χ3n) is 7.67. The summed E-state index contributed by atoms with van der Waals surface area (Å²) in [6, 6.07) is 26.0. The highest BCUT2D eigenvalue weighted by Crippen LogP contribution is 2.38. The molecule has 42 heavy (non-hydrogen) atoms. The van der Waals surface area contributed by atoms with Crippen LogP contribution in [-0.4, -0.2) is 44.6 Å². The van der Waals surface area contributed by atoms with Crippen LogP contribution in [0.25, 0.3) is 10.8 Å². The number of methoxy groups -OCH3 is 1. The highest BCUT2D eigenvalue weighted by molar-refractivity contribution is 9.10.